The van der Waals surface area contributed by atoms with Crippen molar-refractivity contribution in [1.82, 2.24) is 5.32 Å². The number of benzene rings is 1. The zero-order chi connectivity index (χ0) is 14.4. The summed E-state index contributed by atoms with van der Waals surface area (Å²) in [5.74, 6) is 1.15. The lowest BCUT2D eigenvalue weighted by atomic mass is 10.1. The molecule has 0 saturated heterocycles. The molecule has 3 atom stereocenters. The molecule has 2 rings (SSSR count). The average Bonchev–Trinajstić information content (AvgIpc) is 2.92. The molecule has 0 aromatic heterocycles. The predicted molar refractivity (Wildman–Crippen MR) is 83.7 cm³/mol. The Hall–Kier alpha value is -1.02. The summed E-state index contributed by atoms with van der Waals surface area (Å²) in [4.78, 5) is 0. The van der Waals surface area contributed by atoms with Crippen LogP contribution >= 0.6 is 11.8 Å². The third-order valence-electron chi connectivity index (χ3n) is 3.83. The zero-order valence-corrected chi connectivity index (χ0v) is 12.7. The van der Waals surface area contributed by atoms with E-state index >= 15 is 0 Å². The van der Waals surface area contributed by atoms with Gasteiger partial charge in [0.15, 0.2) is 0 Å². The molecular formula is C16H22N2OS. The van der Waals surface area contributed by atoms with E-state index < -0.39 is 6.10 Å². The number of hydrogen-bond acceptors (Lipinski definition) is 4. The smallest absolute Gasteiger partial charge is 0.0991 e. The van der Waals surface area contributed by atoms with Crippen LogP contribution in [0.25, 0.3) is 0 Å². The van der Waals surface area contributed by atoms with Crippen LogP contribution in [-0.4, -0.2) is 28.7 Å². The molecule has 1 fully saturated rings. The highest BCUT2D eigenvalue weighted by Gasteiger charge is 2.27. The Morgan fingerprint density at radius 1 is 1.40 bits per heavy atom. The summed E-state index contributed by atoms with van der Waals surface area (Å²) in [7, 11) is 0. The van der Waals surface area contributed by atoms with Gasteiger partial charge in [-0.25, -0.2) is 0 Å². The van der Waals surface area contributed by atoms with Gasteiger partial charge in [0.1, 0.15) is 0 Å². The van der Waals surface area contributed by atoms with E-state index in [1.54, 1.807) is 12.1 Å². The summed E-state index contributed by atoms with van der Waals surface area (Å²) < 4.78 is 0. The highest BCUT2D eigenvalue weighted by atomic mass is 32.2. The van der Waals surface area contributed by atoms with Gasteiger partial charge in [0, 0.05) is 17.8 Å². The number of nitriles is 1. The first-order valence-electron chi connectivity index (χ1n) is 7.27. The molecule has 0 bridgehead atoms. The Balaban J connectivity index is 1.85. The minimum atomic E-state index is -0.504. The first-order chi connectivity index (χ1) is 9.74. The van der Waals surface area contributed by atoms with Gasteiger partial charge < -0.3 is 10.4 Å². The van der Waals surface area contributed by atoms with E-state index in [2.05, 4.69) is 18.3 Å². The maximum Gasteiger partial charge on any atom is 0.0991 e. The molecule has 1 aromatic carbocycles. The Labute approximate surface area is 125 Å². The molecule has 0 amide bonds. The summed E-state index contributed by atoms with van der Waals surface area (Å²) in [6, 6.07) is 9.78. The van der Waals surface area contributed by atoms with Crippen molar-refractivity contribution in [2.75, 3.05) is 12.3 Å². The van der Waals surface area contributed by atoms with Crippen LogP contribution in [0.15, 0.2) is 24.3 Å². The molecule has 0 heterocycles. The standard InChI is InChI=1S/C16H22N2OS/c1-2-20-16-5-3-4-14(16)18-11-15(19)13-8-6-12(10-17)7-9-13/h6-9,14-16,18-19H,2-5,11H2,1H3. The van der Waals surface area contributed by atoms with Gasteiger partial charge in [-0.15, -0.1) is 0 Å². The molecule has 3 nitrogen and oxygen atoms in total. The molecule has 1 saturated carbocycles. The van der Waals surface area contributed by atoms with Gasteiger partial charge in [-0.1, -0.05) is 25.5 Å². The van der Waals surface area contributed by atoms with Crippen molar-refractivity contribution in [3.8, 4) is 6.07 Å². The van der Waals surface area contributed by atoms with Crippen LogP contribution in [0, 0.1) is 11.3 Å². The van der Waals surface area contributed by atoms with Crippen LogP contribution in [0.5, 0.6) is 0 Å². The summed E-state index contributed by atoms with van der Waals surface area (Å²) >= 11 is 2.02. The molecule has 2 N–H and O–H groups in total. The largest absolute Gasteiger partial charge is 0.387 e. The zero-order valence-electron chi connectivity index (χ0n) is 11.9. The number of aliphatic hydroxyl groups is 1. The number of nitrogens with zero attached hydrogens (tertiary/aromatic N) is 1. The van der Waals surface area contributed by atoms with Gasteiger partial charge >= 0.3 is 0 Å². The van der Waals surface area contributed by atoms with Crippen molar-refractivity contribution in [2.24, 2.45) is 0 Å². The Bertz CT molecular complexity index is 455. The van der Waals surface area contributed by atoms with Crippen molar-refractivity contribution in [2.45, 2.75) is 43.6 Å². The van der Waals surface area contributed by atoms with Crippen LogP contribution in [0.3, 0.4) is 0 Å². The first-order valence-corrected chi connectivity index (χ1v) is 8.32. The maximum atomic E-state index is 10.2. The van der Waals surface area contributed by atoms with Gasteiger partial charge in [0.25, 0.3) is 0 Å². The van der Waals surface area contributed by atoms with Crippen LogP contribution in [0.1, 0.15) is 43.4 Å². The van der Waals surface area contributed by atoms with Gasteiger partial charge in [-0.05, 0) is 36.3 Å². The summed E-state index contributed by atoms with van der Waals surface area (Å²) in [5, 5.41) is 23.2. The number of aliphatic hydroxyl groups excluding tert-OH is 1. The molecule has 0 aliphatic heterocycles. The quantitative estimate of drug-likeness (QED) is 0.846. The highest BCUT2D eigenvalue weighted by Crippen LogP contribution is 2.30. The second-order valence-electron chi connectivity index (χ2n) is 5.19. The fraction of sp³-hybridized carbons (Fsp3) is 0.562. The third-order valence-corrected chi connectivity index (χ3v) is 5.16. The van der Waals surface area contributed by atoms with Crippen molar-refractivity contribution in [3.05, 3.63) is 35.4 Å². The molecule has 4 heteroatoms. The molecule has 1 aliphatic rings. The molecule has 1 aromatic rings. The van der Waals surface area contributed by atoms with E-state index in [1.165, 1.54) is 19.3 Å². The van der Waals surface area contributed by atoms with Crippen molar-refractivity contribution in [3.63, 3.8) is 0 Å². The number of nitrogens with one attached hydrogen (secondary N) is 1. The molecular weight excluding hydrogens is 268 g/mol. The molecule has 3 unspecified atom stereocenters. The number of rotatable bonds is 6. The van der Waals surface area contributed by atoms with Gasteiger partial charge in [0.2, 0.25) is 0 Å². The van der Waals surface area contributed by atoms with Crippen molar-refractivity contribution >= 4 is 11.8 Å². The first kappa shape index (κ1) is 15.4. The Morgan fingerprint density at radius 3 is 2.80 bits per heavy atom. The fourth-order valence-corrected chi connectivity index (χ4v) is 3.96. The van der Waals surface area contributed by atoms with E-state index in [0.29, 0.717) is 23.4 Å². The summed E-state index contributed by atoms with van der Waals surface area (Å²) in [5.41, 5.74) is 1.50. The van der Waals surface area contributed by atoms with Crippen LogP contribution in [0.4, 0.5) is 0 Å². The third kappa shape index (κ3) is 3.99. The SMILES string of the molecule is CCSC1CCCC1NCC(O)c1ccc(C#N)cc1. The van der Waals surface area contributed by atoms with Gasteiger partial charge in [-0.3, -0.25) is 0 Å². The highest BCUT2D eigenvalue weighted by molar-refractivity contribution is 7.99. The van der Waals surface area contributed by atoms with E-state index in [-0.39, 0.29) is 0 Å². The molecule has 0 radical (unpaired) electrons. The van der Waals surface area contributed by atoms with E-state index in [9.17, 15) is 5.11 Å². The van der Waals surface area contributed by atoms with Gasteiger partial charge in [0.05, 0.1) is 17.7 Å². The molecule has 108 valence electrons. The van der Waals surface area contributed by atoms with Crippen molar-refractivity contribution in [1.29, 1.82) is 5.26 Å². The Morgan fingerprint density at radius 2 is 2.15 bits per heavy atom. The molecule has 20 heavy (non-hydrogen) atoms. The summed E-state index contributed by atoms with van der Waals surface area (Å²) in [6.45, 7) is 2.78. The van der Waals surface area contributed by atoms with E-state index in [4.69, 9.17) is 5.26 Å². The topological polar surface area (TPSA) is 56.0 Å². The fourth-order valence-electron chi connectivity index (χ4n) is 2.73. The lowest BCUT2D eigenvalue weighted by molar-refractivity contribution is 0.170. The predicted octanol–water partition coefficient (Wildman–Crippen LogP) is 2.86. The number of thioether (sulfide) groups is 1. The normalized spacial score (nSPS) is 23.4. The second-order valence-corrected chi connectivity index (χ2v) is 6.71. The Kier molecular flexibility index (Phi) is 5.90. The molecule has 1 aliphatic carbocycles. The average molecular weight is 290 g/mol. The van der Waals surface area contributed by atoms with Gasteiger partial charge in [-0.2, -0.15) is 17.0 Å². The monoisotopic (exact) mass is 290 g/mol. The minimum absolute atomic E-state index is 0.504. The molecule has 0 spiro atoms. The summed E-state index contributed by atoms with van der Waals surface area (Å²) in [6.07, 6.45) is 3.26. The maximum absolute atomic E-state index is 10.2. The lowest BCUT2D eigenvalue weighted by Crippen LogP contribution is -2.37. The number of hydrogen-bond donors (Lipinski definition) is 2. The van der Waals surface area contributed by atoms with E-state index in [0.717, 1.165) is 11.3 Å². The van der Waals surface area contributed by atoms with E-state index in [1.807, 2.05) is 23.9 Å². The lowest BCUT2D eigenvalue weighted by Gasteiger charge is -2.22. The van der Waals surface area contributed by atoms with Crippen LogP contribution in [0.2, 0.25) is 0 Å². The minimum Gasteiger partial charge on any atom is -0.387 e. The van der Waals surface area contributed by atoms with Crippen LogP contribution in [-0.2, 0) is 0 Å². The second kappa shape index (κ2) is 7.68. The van der Waals surface area contributed by atoms with Crippen molar-refractivity contribution < 1.29 is 5.11 Å². The van der Waals surface area contributed by atoms with Crippen LogP contribution < -0.4 is 5.32 Å².